The van der Waals surface area contributed by atoms with E-state index in [4.69, 9.17) is 4.74 Å². The molecule has 3 N–H and O–H groups in total. The lowest BCUT2D eigenvalue weighted by Gasteiger charge is -2.07. The van der Waals surface area contributed by atoms with Crippen LogP contribution in [0, 0.1) is 0 Å². The number of carbonyl (C=O) groups excluding carboxylic acids is 1. The van der Waals surface area contributed by atoms with Gasteiger partial charge in [0.05, 0.1) is 6.61 Å². The minimum atomic E-state index is -0.0799. The van der Waals surface area contributed by atoms with Crippen molar-refractivity contribution >= 4 is 18.3 Å². The van der Waals surface area contributed by atoms with Crippen molar-refractivity contribution in [3.8, 4) is 11.4 Å². The van der Waals surface area contributed by atoms with Crippen LogP contribution in [0.3, 0.4) is 0 Å². The second kappa shape index (κ2) is 9.50. The molecule has 25 heavy (non-hydrogen) atoms. The summed E-state index contributed by atoms with van der Waals surface area (Å²) in [5, 5.41) is 13.3. The van der Waals surface area contributed by atoms with E-state index < -0.39 is 0 Å². The van der Waals surface area contributed by atoms with Crippen LogP contribution < -0.4 is 10.6 Å². The highest BCUT2D eigenvalue weighted by molar-refractivity contribution is 5.94. The van der Waals surface area contributed by atoms with E-state index in [1.807, 2.05) is 12.1 Å². The summed E-state index contributed by atoms with van der Waals surface area (Å²) in [6, 6.07) is 7.36. The Morgan fingerprint density at radius 3 is 2.68 bits per heavy atom. The molecule has 0 aliphatic heterocycles. The molecule has 0 saturated heterocycles. The van der Waals surface area contributed by atoms with Crippen molar-refractivity contribution in [3.05, 3.63) is 35.7 Å². The lowest BCUT2D eigenvalue weighted by molar-refractivity contribution is 0.0953. The topological polar surface area (TPSA) is 91.9 Å². The van der Waals surface area contributed by atoms with Gasteiger partial charge in [0.25, 0.3) is 5.91 Å². The van der Waals surface area contributed by atoms with Crippen LogP contribution in [0.1, 0.15) is 34.9 Å². The molecule has 7 nitrogen and oxygen atoms in total. The molecule has 1 aliphatic rings. The van der Waals surface area contributed by atoms with Crippen LogP contribution in [0.4, 0.5) is 0 Å². The fourth-order valence-electron chi connectivity index (χ4n) is 2.38. The van der Waals surface area contributed by atoms with Gasteiger partial charge in [0.2, 0.25) is 0 Å². The Morgan fingerprint density at radius 2 is 2.00 bits per heavy atom. The number of rotatable bonds is 9. The third-order valence-corrected chi connectivity index (χ3v) is 3.94. The number of nitrogens with zero attached hydrogens (tertiary/aromatic N) is 2. The highest BCUT2D eigenvalue weighted by Crippen LogP contribution is 2.38. The molecule has 0 spiro atoms. The number of methoxy groups -OCH3 is 1. The zero-order valence-electron chi connectivity index (χ0n) is 14.2. The third-order valence-electron chi connectivity index (χ3n) is 3.94. The standard InChI is InChI=1S/C17H23N5O2.ClH/c1-24-11-10-18-8-9-19-17(23)14-6-4-13(5-7-14)16-20-15(21-22-16)12-2-3-12;/h4-7,12,18H,2-3,8-11H2,1H3,(H,19,23)(H,20,21,22);1H. The number of ether oxygens (including phenoxy) is 1. The van der Waals surface area contributed by atoms with Crippen molar-refractivity contribution in [2.24, 2.45) is 0 Å². The van der Waals surface area contributed by atoms with Gasteiger partial charge in [0.1, 0.15) is 5.82 Å². The van der Waals surface area contributed by atoms with Crippen molar-refractivity contribution in [1.82, 2.24) is 25.8 Å². The number of nitrogens with one attached hydrogen (secondary N) is 3. The Kier molecular flexibility index (Phi) is 7.36. The Hall–Kier alpha value is -1.96. The quantitative estimate of drug-likeness (QED) is 0.589. The van der Waals surface area contributed by atoms with E-state index in [0.717, 1.165) is 17.9 Å². The smallest absolute Gasteiger partial charge is 0.251 e. The van der Waals surface area contributed by atoms with Crippen LogP contribution in [0.15, 0.2) is 24.3 Å². The van der Waals surface area contributed by atoms with Crippen LogP contribution in [-0.2, 0) is 4.74 Å². The fraction of sp³-hybridized carbons (Fsp3) is 0.471. The van der Waals surface area contributed by atoms with Gasteiger partial charge >= 0.3 is 0 Å². The van der Waals surface area contributed by atoms with Crippen LogP contribution >= 0.6 is 12.4 Å². The SMILES string of the molecule is COCCNCCNC(=O)c1ccc(-c2n[nH]c(C3CC3)n2)cc1.Cl. The van der Waals surface area contributed by atoms with Crippen LogP contribution in [-0.4, -0.2) is 54.4 Å². The maximum Gasteiger partial charge on any atom is 0.251 e. The summed E-state index contributed by atoms with van der Waals surface area (Å²) >= 11 is 0. The second-order valence-electron chi connectivity index (χ2n) is 5.89. The molecule has 8 heteroatoms. The number of hydrogen-bond donors (Lipinski definition) is 3. The summed E-state index contributed by atoms with van der Waals surface area (Å²) in [5.74, 6) is 2.12. The summed E-state index contributed by atoms with van der Waals surface area (Å²) in [4.78, 5) is 16.6. The van der Waals surface area contributed by atoms with Crippen molar-refractivity contribution in [1.29, 1.82) is 0 Å². The van der Waals surface area contributed by atoms with E-state index in [1.165, 1.54) is 12.8 Å². The van der Waals surface area contributed by atoms with Crippen LogP contribution in [0.2, 0.25) is 0 Å². The second-order valence-corrected chi connectivity index (χ2v) is 5.89. The van der Waals surface area contributed by atoms with Gasteiger partial charge in [-0.25, -0.2) is 4.98 Å². The zero-order valence-corrected chi connectivity index (χ0v) is 15.1. The van der Waals surface area contributed by atoms with Crippen molar-refractivity contribution in [3.63, 3.8) is 0 Å². The number of benzene rings is 1. The molecular weight excluding hydrogens is 342 g/mol. The van der Waals surface area contributed by atoms with E-state index in [9.17, 15) is 4.79 Å². The molecule has 1 aromatic carbocycles. The van der Waals surface area contributed by atoms with Gasteiger partial charge in [-0.05, 0) is 25.0 Å². The van der Waals surface area contributed by atoms with Gasteiger partial charge in [-0.3, -0.25) is 9.89 Å². The summed E-state index contributed by atoms with van der Waals surface area (Å²) in [7, 11) is 1.67. The molecule has 2 aromatic rings. The Morgan fingerprint density at radius 1 is 1.24 bits per heavy atom. The molecule has 1 fully saturated rings. The lowest BCUT2D eigenvalue weighted by Crippen LogP contribution is -2.33. The summed E-state index contributed by atoms with van der Waals surface area (Å²) in [5.41, 5.74) is 1.55. The predicted octanol–water partition coefficient (Wildman–Crippen LogP) is 1.74. The van der Waals surface area contributed by atoms with E-state index in [-0.39, 0.29) is 18.3 Å². The molecule has 0 bridgehead atoms. The van der Waals surface area contributed by atoms with E-state index in [0.29, 0.717) is 37.0 Å². The molecule has 0 unspecified atom stereocenters. The molecule has 0 radical (unpaired) electrons. The maximum absolute atomic E-state index is 12.1. The minimum absolute atomic E-state index is 0. The maximum atomic E-state index is 12.1. The first kappa shape index (κ1) is 19.4. The van der Waals surface area contributed by atoms with E-state index in [2.05, 4.69) is 25.8 Å². The van der Waals surface area contributed by atoms with Gasteiger partial charge in [-0.1, -0.05) is 12.1 Å². The molecule has 136 valence electrons. The number of hydrogen-bond acceptors (Lipinski definition) is 5. The normalized spacial score (nSPS) is 13.3. The predicted molar refractivity (Wildman–Crippen MR) is 98.1 cm³/mol. The lowest BCUT2D eigenvalue weighted by atomic mass is 10.1. The highest BCUT2D eigenvalue weighted by atomic mass is 35.5. The largest absolute Gasteiger partial charge is 0.383 e. The third kappa shape index (κ3) is 5.52. The number of halogens is 1. The Bertz CT molecular complexity index is 670. The highest BCUT2D eigenvalue weighted by Gasteiger charge is 2.27. The molecule has 1 amide bonds. The van der Waals surface area contributed by atoms with Crippen molar-refractivity contribution < 1.29 is 9.53 Å². The molecule has 1 heterocycles. The molecule has 1 aromatic heterocycles. The average molecular weight is 366 g/mol. The minimum Gasteiger partial charge on any atom is -0.383 e. The molecular formula is C17H24ClN5O2. The Balaban J connectivity index is 0.00000225. The molecule has 1 saturated carbocycles. The van der Waals surface area contributed by atoms with Gasteiger partial charge in [0, 0.05) is 43.8 Å². The van der Waals surface area contributed by atoms with E-state index in [1.54, 1.807) is 19.2 Å². The number of aromatic nitrogens is 3. The fourth-order valence-corrected chi connectivity index (χ4v) is 2.38. The summed E-state index contributed by atoms with van der Waals surface area (Å²) in [6.07, 6.45) is 2.38. The van der Waals surface area contributed by atoms with Crippen molar-refractivity contribution in [2.75, 3.05) is 33.4 Å². The van der Waals surface area contributed by atoms with Gasteiger partial charge in [0.15, 0.2) is 5.82 Å². The summed E-state index contributed by atoms with van der Waals surface area (Å²) < 4.78 is 4.94. The first-order valence-electron chi connectivity index (χ1n) is 8.28. The Labute approximate surface area is 153 Å². The number of amides is 1. The molecule has 0 atom stereocenters. The molecule has 1 aliphatic carbocycles. The first-order valence-corrected chi connectivity index (χ1v) is 8.28. The zero-order chi connectivity index (χ0) is 16.8. The first-order chi connectivity index (χ1) is 11.8. The molecule has 3 rings (SSSR count). The van der Waals surface area contributed by atoms with E-state index >= 15 is 0 Å². The number of H-pyrrole nitrogens is 1. The number of aromatic amines is 1. The average Bonchev–Trinajstić information content (AvgIpc) is 3.35. The van der Waals surface area contributed by atoms with Crippen LogP contribution in [0.5, 0.6) is 0 Å². The van der Waals surface area contributed by atoms with Gasteiger partial charge < -0.3 is 15.4 Å². The monoisotopic (exact) mass is 365 g/mol. The van der Waals surface area contributed by atoms with Gasteiger partial charge in [-0.2, -0.15) is 5.10 Å². The van der Waals surface area contributed by atoms with Gasteiger partial charge in [-0.15, -0.1) is 12.4 Å². The summed E-state index contributed by atoms with van der Waals surface area (Å²) in [6.45, 7) is 2.74. The number of carbonyl (C=O) groups is 1. The van der Waals surface area contributed by atoms with Crippen LogP contribution in [0.25, 0.3) is 11.4 Å². The van der Waals surface area contributed by atoms with Crippen molar-refractivity contribution in [2.45, 2.75) is 18.8 Å².